The van der Waals surface area contributed by atoms with Gasteiger partial charge in [-0.25, -0.2) is 12.4 Å². The first kappa shape index (κ1) is 13.3. The van der Waals surface area contributed by atoms with Crippen LogP contribution in [-0.4, -0.2) is 17.3 Å². The standard InChI is InChI=1S/C12H12N2O4S/c1-9-7-10(2)13(8-9)19(17,18)12-5-3-11(4-6-12)14(15)16/h3-8H,1-2H3. The molecule has 0 aliphatic rings. The topological polar surface area (TPSA) is 82.2 Å². The van der Waals surface area contributed by atoms with Gasteiger partial charge in [0.1, 0.15) is 0 Å². The first-order chi connectivity index (χ1) is 8.82. The van der Waals surface area contributed by atoms with E-state index in [1.807, 2.05) is 0 Å². The van der Waals surface area contributed by atoms with Crippen LogP contribution in [0.15, 0.2) is 41.4 Å². The van der Waals surface area contributed by atoms with Crippen LogP contribution in [-0.2, 0) is 10.0 Å². The molecule has 0 aliphatic carbocycles. The van der Waals surface area contributed by atoms with Crippen molar-refractivity contribution in [2.24, 2.45) is 0 Å². The van der Waals surface area contributed by atoms with Gasteiger partial charge in [0.2, 0.25) is 0 Å². The van der Waals surface area contributed by atoms with Gasteiger partial charge >= 0.3 is 0 Å². The number of nitro groups is 1. The number of rotatable bonds is 3. The minimum Gasteiger partial charge on any atom is -0.258 e. The van der Waals surface area contributed by atoms with Gasteiger partial charge in [-0.3, -0.25) is 10.1 Å². The zero-order chi connectivity index (χ0) is 14.2. The first-order valence-corrected chi connectivity index (χ1v) is 6.92. The molecule has 1 heterocycles. The number of nitrogens with zero attached hydrogens (tertiary/aromatic N) is 2. The van der Waals surface area contributed by atoms with Crippen molar-refractivity contribution in [3.8, 4) is 0 Å². The van der Waals surface area contributed by atoms with Crippen molar-refractivity contribution in [1.29, 1.82) is 0 Å². The maximum atomic E-state index is 12.3. The maximum Gasteiger partial charge on any atom is 0.269 e. The zero-order valence-electron chi connectivity index (χ0n) is 10.4. The number of non-ortho nitro benzene ring substituents is 1. The lowest BCUT2D eigenvalue weighted by molar-refractivity contribution is -0.384. The summed E-state index contributed by atoms with van der Waals surface area (Å²) in [5.41, 5.74) is 1.29. The highest BCUT2D eigenvalue weighted by atomic mass is 32.2. The smallest absolute Gasteiger partial charge is 0.258 e. The molecule has 0 N–H and O–H groups in total. The third-order valence-corrected chi connectivity index (χ3v) is 4.49. The molecule has 0 aliphatic heterocycles. The van der Waals surface area contributed by atoms with Gasteiger partial charge in [0.25, 0.3) is 15.7 Å². The van der Waals surface area contributed by atoms with E-state index < -0.39 is 14.9 Å². The van der Waals surface area contributed by atoms with Gasteiger partial charge in [-0.2, -0.15) is 0 Å². The van der Waals surface area contributed by atoms with Crippen molar-refractivity contribution in [2.45, 2.75) is 18.7 Å². The molecule has 7 heteroatoms. The summed E-state index contributed by atoms with van der Waals surface area (Å²) in [6.45, 7) is 3.49. The summed E-state index contributed by atoms with van der Waals surface area (Å²) >= 11 is 0. The van der Waals surface area contributed by atoms with Crippen molar-refractivity contribution in [2.75, 3.05) is 0 Å². The van der Waals surface area contributed by atoms with Crippen LogP contribution < -0.4 is 0 Å². The monoisotopic (exact) mass is 280 g/mol. The normalized spacial score (nSPS) is 11.5. The summed E-state index contributed by atoms with van der Waals surface area (Å²) in [5, 5.41) is 10.5. The Balaban J connectivity index is 2.51. The average molecular weight is 280 g/mol. The lowest BCUT2D eigenvalue weighted by Crippen LogP contribution is -2.13. The highest BCUT2D eigenvalue weighted by Crippen LogP contribution is 2.20. The Morgan fingerprint density at radius 1 is 1.16 bits per heavy atom. The third kappa shape index (κ3) is 2.37. The van der Waals surface area contributed by atoms with Gasteiger partial charge in [0.15, 0.2) is 0 Å². The predicted octanol–water partition coefficient (Wildman–Crippen LogP) is 2.25. The highest BCUT2D eigenvalue weighted by Gasteiger charge is 2.19. The Hall–Kier alpha value is -2.15. The molecule has 0 saturated carbocycles. The van der Waals surface area contributed by atoms with E-state index in [9.17, 15) is 18.5 Å². The number of benzene rings is 1. The minimum atomic E-state index is -3.70. The molecule has 0 saturated heterocycles. The van der Waals surface area contributed by atoms with E-state index in [-0.39, 0.29) is 10.6 Å². The van der Waals surface area contributed by atoms with Gasteiger partial charge in [0, 0.05) is 24.0 Å². The van der Waals surface area contributed by atoms with E-state index in [0.717, 1.165) is 5.56 Å². The van der Waals surface area contributed by atoms with Crippen molar-refractivity contribution in [3.63, 3.8) is 0 Å². The molecule has 0 amide bonds. The van der Waals surface area contributed by atoms with Crippen molar-refractivity contribution >= 4 is 15.7 Å². The molecule has 0 radical (unpaired) electrons. The van der Waals surface area contributed by atoms with Crippen molar-refractivity contribution in [1.82, 2.24) is 3.97 Å². The number of hydrogen-bond donors (Lipinski definition) is 0. The van der Waals surface area contributed by atoms with Gasteiger partial charge in [-0.1, -0.05) is 0 Å². The van der Waals surface area contributed by atoms with E-state index in [1.165, 1.54) is 34.4 Å². The largest absolute Gasteiger partial charge is 0.269 e. The highest BCUT2D eigenvalue weighted by molar-refractivity contribution is 7.90. The van der Waals surface area contributed by atoms with Crippen LogP contribution in [0.1, 0.15) is 11.3 Å². The number of aromatic nitrogens is 1. The zero-order valence-corrected chi connectivity index (χ0v) is 11.2. The molecule has 2 aromatic rings. The Kier molecular flexibility index (Phi) is 3.15. The van der Waals surface area contributed by atoms with E-state index >= 15 is 0 Å². The number of nitro benzene ring substituents is 1. The van der Waals surface area contributed by atoms with Crippen LogP contribution >= 0.6 is 0 Å². The quantitative estimate of drug-likeness (QED) is 0.637. The lowest BCUT2D eigenvalue weighted by Gasteiger charge is -2.07. The van der Waals surface area contributed by atoms with Crippen LogP contribution in [0.4, 0.5) is 5.69 Å². The van der Waals surface area contributed by atoms with Gasteiger partial charge in [0.05, 0.1) is 9.82 Å². The Bertz CT molecular complexity index is 730. The molecule has 0 spiro atoms. The van der Waals surface area contributed by atoms with E-state index in [2.05, 4.69) is 0 Å². The molecule has 19 heavy (non-hydrogen) atoms. The van der Waals surface area contributed by atoms with Crippen LogP contribution in [0.25, 0.3) is 0 Å². The van der Waals surface area contributed by atoms with E-state index in [4.69, 9.17) is 0 Å². The van der Waals surface area contributed by atoms with E-state index in [0.29, 0.717) is 5.69 Å². The van der Waals surface area contributed by atoms with Crippen LogP contribution in [0, 0.1) is 24.0 Å². The summed E-state index contributed by atoms with van der Waals surface area (Å²) in [7, 11) is -3.70. The summed E-state index contributed by atoms with van der Waals surface area (Å²) in [6.07, 6.45) is 1.52. The second kappa shape index (κ2) is 4.51. The fraction of sp³-hybridized carbons (Fsp3) is 0.167. The molecule has 6 nitrogen and oxygen atoms in total. The first-order valence-electron chi connectivity index (χ1n) is 5.48. The van der Waals surface area contributed by atoms with Crippen molar-refractivity contribution in [3.05, 3.63) is 57.9 Å². The fourth-order valence-corrected chi connectivity index (χ4v) is 3.27. The molecule has 0 bridgehead atoms. The molecule has 0 fully saturated rings. The summed E-state index contributed by atoms with van der Waals surface area (Å²) in [4.78, 5) is 10.00. The minimum absolute atomic E-state index is 0.0248. The Labute approximate surface area is 110 Å². The second-order valence-electron chi connectivity index (χ2n) is 4.21. The molecular weight excluding hydrogens is 268 g/mol. The SMILES string of the molecule is Cc1cc(C)n(S(=O)(=O)c2ccc([N+](=O)[O-])cc2)c1. The summed E-state index contributed by atoms with van der Waals surface area (Å²) in [5.74, 6) is 0. The predicted molar refractivity (Wildman–Crippen MR) is 69.6 cm³/mol. The number of aryl methyl sites for hydroxylation is 2. The lowest BCUT2D eigenvalue weighted by atomic mass is 10.3. The van der Waals surface area contributed by atoms with Gasteiger partial charge in [-0.05, 0) is 37.6 Å². The molecular formula is C12H12N2O4S. The molecule has 0 atom stereocenters. The summed E-state index contributed by atoms with van der Waals surface area (Å²) < 4.78 is 25.9. The van der Waals surface area contributed by atoms with Crippen molar-refractivity contribution < 1.29 is 13.3 Å². The fourth-order valence-electron chi connectivity index (χ4n) is 1.83. The molecule has 2 rings (SSSR count). The molecule has 1 aromatic carbocycles. The van der Waals surface area contributed by atoms with Gasteiger partial charge < -0.3 is 0 Å². The summed E-state index contributed by atoms with van der Waals surface area (Å²) in [6, 6.07) is 6.59. The molecule has 0 unspecified atom stereocenters. The van der Waals surface area contributed by atoms with Gasteiger partial charge in [-0.15, -0.1) is 0 Å². The molecule has 100 valence electrons. The van der Waals surface area contributed by atoms with E-state index in [1.54, 1.807) is 19.9 Å². The second-order valence-corrected chi connectivity index (χ2v) is 6.03. The Morgan fingerprint density at radius 3 is 2.16 bits per heavy atom. The number of hydrogen-bond acceptors (Lipinski definition) is 4. The van der Waals surface area contributed by atoms with Crippen LogP contribution in [0.2, 0.25) is 0 Å². The average Bonchev–Trinajstić information content (AvgIpc) is 2.69. The Morgan fingerprint density at radius 2 is 1.74 bits per heavy atom. The maximum absolute atomic E-state index is 12.3. The van der Waals surface area contributed by atoms with Crippen LogP contribution in [0.3, 0.4) is 0 Å². The molecule has 1 aromatic heterocycles. The van der Waals surface area contributed by atoms with Crippen LogP contribution in [0.5, 0.6) is 0 Å². The third-order valence-electron chi connectivity index (χ3n) is 2.71.